The lowest BCUT2D eigenvalue weighted by molar-refractivity contribution is -0.178. The maximum atomic E-state index is 11.8. The highest BCUT2D eigenvalue weighted by Crippen LogP contribution is 2.21. The second-order valence-electron chi connectivity index (χ2n) is 4.72. The summed E-state index contributed by atoms with van der Waals surface area (Å²) < 4.78 is 68.7. The molecule has 0 unspecified atom stereocenters. The fraction of sp³-hybridized carbons (Fsp3) is 0.909. The van der Waals surface area contributed by atoms with Gasteiger partial charge in [-0.15, -0.1) is 0 Å². The Hall–Kier alpha value is -0.870. The average molecular weight is 333 g/mol. The molecule has 1 fully saturated rings. The number of carbonyl (C=O) groups is 1. The number of halogens is 3. The Morgan fingerprint density at radius 3 is 2.52 bits per heavy atom. The Morgan fingerprint density at radius 1 is 1.29 bits per heavy atom. The molecule has 1 aliphatic rings. The first-order valence-electron chi connectivity index (χ1n) is 6.39. The number of alkyl halides is 3. The molecule has 0 radical (unpaired) electrons. The third kappa shape index (κ3) is 6.62. The Labute approximate surface area is 121 Å². The lowest BCUT2D eigenvalue weighted by Crippen LogP contribution is -2.48. The highest BCUT2D eigenvalue weighted by atomic mass is 32.2. The number of ether oxygens (including phenoxy) is 2. The minimum absolute atomic E-state index is 0.239. The molecule has 10 heteroatoms. The summed E-state index contributed by atoms with van der Waals surface area (Å²) in [4.78, 5) is 11.8. The molecule has 1 aliphatic heterocycles. The fourth-order valence-corrected chi connectivity index (χ4v) is 3.14. The van der Waals surface area contributed by atoms with E-state index < -0.39 is 41.4 Å². The first-order chi connectivity index (χ1) is 9.61. The minimum atomic E-state index is -4.43. The van der Waals surface area contributed by atoms with E-state index >= 15 is 0 Å². The van der Waals surface area contributed by atoms with Crippen LogP contribution in [-0.2, 0) is 24.3 Å². The standard InChI is InChI=1S/C11H18F3NO5S/c1-21(17,18)15-5-3-2-4-9(15)10(16)20-7-6-19-8-11(12,13)14/h9H,2-8H2,1H3/t9-/m0/s1. The van der Waals surface area contributed by atoms with Gasteiger partial charge in [0.15, 0.2) is 0 Å². The topological polar surface area (TPSA) is 72.9 Å². The zero-order valence-corrected chi connectivity index (χ0v) is 12.4. The molecule has 21 heavy (non-hydrogen) atoms. The first-order valence-corrected chi connectivity index (χ1v) is 8.24. The predicted molar refractivity (Wildman–Crippen MR) is 67.0 cm³/mol. The van der Waals surface area contributed by atoms with E-state index in [1.165, 1.54) is 0 Å². The van der Waals surface area contributed by atoms with E-state index in [1.807, 2.05) is 0 Å². The molecule has 1 atom stereocenters. The van der Waals surface area contributed by atoms with Crippen LogP contribution in [0.15, 0.2) is 0 Å². The molecule has 0 saturated carbocycles. The van der Waals surface area contributed by atoms with Crippen molar-refractivity contribution >= 4 is 16.0 Å². The van der Waals surface area contributed by atoms with Crippen LogP contribution in [0.4, 0.5) is 13.2 Å². The van der Waals surface area contributed by atoms with Gasteiger partial charge >= 0.3 is 12.1 Å². The van der Waals surface area contributed by atoms with Crippen molar-refractivity contribution in [2.24, 2.45) is 0 Å². The highest BCUT2D eigenvalue weighted by Gasteiger charge is 2.35. The van der Waals surface area contributed by atoms with E-state index in [0.717, 1.165) is 10.6 Å². The molecule has 0 aromatic heterocycles. The summed E-state index contributed by atoms with van der Waals surface area (Å²) in [6.07, 6.45) is -1.73. The summed E-state index contributed by atoms with van der Waals surface area (Å²) in [5, 5.41) is 0. The number of hydrogen-bond donors (Lipinski definition) is 0. The molecule has 1 heterocycles. The average Bonchev–Trinajstić information content (AvgIpc) is 2.35. The van der Waals surface area contributed by atoms with Crippen molar-refractivity contribution in [2.45, 2.75) is 31.5 Å². The Balaban J connectivity index is 2.39. The van der Waals surface area contributed by atoms with Crippen LogP contribution in [0.1, 0.15) is 19.3 Å². The first kappa shape index (κ1) is 18.2. The van der Waals surface area contributed by atoms with E-state index in [2.05, 4.69) is 4.74 Å². The Bertz CT molecular complexity index is 451. The van der Waals surface area contributed by atoms with Crippen molar-refractivity contribution in [2.75, 3.05) is 32.6 Å². The molecule has 0 bridgehead atoms. The van der Waals surface area contributed by atoms with Crippen LogP contribution in [0.5, 0.6) is 0 Å². The molecule has 124 valence electrons. The van der Waals surface area contributed by atoms with Crippen LogP contribution >= 0.6 is 0 Å². The van der Waals surface area contributed by atoms with Crippen molar-refractivity contribution in [1.29, 1.82) is 0 Å². The minimum Gasteiger partial charge on any atom is -0.462 e. The van der Waals surface area contributed by atoms with E-state index in [0.29, 0.717) is 19.3 Å². The van der Waals surface area contributed by atoms with Crippen LogP contribution in [0, 0.1) is 0 Å². The number of rotatable bonds is 6. The quantitative estimate of drug-likeness (QED) is 0.534. The molecule has 1 rings (SSSR count). The van der Waals surface area contributed by atoms with E-state index in [4.69, 9.17) is 4.74 Å². The van der Waals surface area contributed by atoms with Gasteiger partial charge in [-0.1, -0.05) is 0 Å². The number of sulfonamides is 1. The van der Waals surface area contributed by atoms with Crippen molar-refractivity contribution in [3.05, 3.63) is 0 Å². The smallest absolute Gasteiger partial charge is 0.411 e. The number of hydrogen-bond acceptors (Lipinski definition) is 5. The van der Waals surface area contributed by atoms with Gasteiger partial charge in [0.2, 0.25) is 10.0 Å². The summed E-state index contributed by atoms with van der Waals surface area (Å²) in [5.74, 6) is -0.754. The molecule has 1 saturated heterocycles. The summed E-state index contributed by atoms with van der Waals surface area (Å²) in [7, 11) is -3.52. The van der Waals surface area contributed by atoms with Crippen LogP contribution in [0.25, 0.3) is 0 Å². The zero-order chi connectivity index (χ0) is 16.1. The zero-order valence-electron chi connectivity index (χ0n) is 11.6. The maximum absolute atomic E-state index is 11.8. The SMILES string of the molecule is CS(=O)(=O)N1CCCC[C@H]1C(=O)OCCOCC(F)(F)F. The Kier molecular flexibility index (Phi) is 6.41. The maximum Gasteiger partial charge on any atom is 0.411 e. The third-order valence-corrected chi connectivity index (χ3v) is 4.18. The third-order valence-electron chi connectivity index (χ3n) is 2.89. The van der Waals surface area contributed by atoms with Crippen LogP contribution in [0.2, 0.25) is 0 Å². The summed E-state index contributed by atoms with van der Waals surface area (Å²) in [6.45, 7) is -1.91. The van der Waals surface area contributed by atoms with E-state index in [9.17, 15) is 26.4 Å². The van der Waals surface area contributed by atoms with Crippen LogP contribution in [-0.4, -0.2) is 63.5 Å². The molecule has 0 amide bonds. The molecule has 0 N–H and O–H groups in total. The fourth-order valence-electron chi connectivity index (χ4n) is 2.02. The van der Waals surface area contributed by atoms with Crippen LogP contribution < -0.4 is 0 Å². The number of carbonyl (C=O) groups excluding carboxylic acids is 1. The second-order valence-corrected chi connectivity index (χ2v) is 6.66. The molecular formula is C11H18F3NO5S. The van der Waals surface area contributed by atoms with Crippen molar-refractivity contribution in [1.82, 2.24) is 4.31 Å². The second kappa shape index (κ2) is 7.41. The number of piperidine rings is 1. The molecule has 0 spiro atoms. The van der Waals surface area contributed by atoms with Gasteiger partial charge in [-0.25, -0.2) is 8.42 Å². The normalized spacial score (nSPS) is 21.2. The monoisotopic (exact) mass is 333 g/mol. The van der Waals surface area contributed by atoms with E-state index in [-0.39, 0.29) is 13.2 Å². The van der Waals surface area contributed by atoms with Gasteiger partial charge in [-0.05, 0) is 19.3 Å². The summed E-state index contributed by atoms with van der Waals surface area (Å²) in [6, 6.07) is -0.906. The molecular weight excluding hydrogens is 315 g/mol. The van der Waals surface area contributed by atoms with Gasteiger partial charge in [0.05, 0.1) is 12.9 Å². The highest BCUT2D eigenvalue weighted by molar-refractivity contribution is 7.88. The van der Waals surface area contributed by atoms with Gasteiger partial charge < -0.3 is 9.47 Å². The van der Waals surface area contributed by atoms with Crippen molar-refractivity contribution in [3.8, 4) is 0 Å². The Morgan fingerprint density at radius 2 is 1.95 bits per heavy atom. The lowest BCUT2D eigenvalue weighted by atomic mass is 10.1. The van der Waals surface area contributed by atoms with Gasteiger partial charge in [0, 0.05) is 6.54 Å². The molecule has 6 nitrogen and oxygen atoms in total. The van der Waals surface area contributed by atoms with Crippen molar-refractivity contribution < 1.29 is 35.9 Å². The van der Waals surface area contributed by atoms with E-state index in [1.54, 1.807) is 0 Å². The molecule has 0 aromatic carbocycles. The molecule has 0 aliphatic carbocycles. The molecule has 0 aromatic rings. The summed E-state index contributed by atoms with van der Waals surface area (Å²) >= 11 is 0. The van der Waals surface area contributed by atoms with Crippen LogP contribution in [0.3, 0.4) is 0 Å². The van der Waals surface area contributed by atoms with Gasteiger partial charge in [-0.3, -0.25) is 4.79 Å². The predicted octanol–water partition coefficient (Wildman–Crippen LogP) is 0.923. The summed E-state index contributed by atoms with van der Waals surface area (Å²) in [5.41, 5.74) is 0. The van der Waals surface area contributed by atoms with Gasteiger partial charge in [0.1, 0.15) is 19.3 Å². The lowest BCUT2D eigenvalue weighted by Gasteiger charge is -2.31. The number of esters is 1. The number of nitrogens with zero attached hydrogens (tertiary/aromatic N) is 1. The van der Waals surface area contributed by atoms with Crippen molar-refractivity contribution in [3.63, 3.8) is 0 Å². The largest absolute Gasteiger partial charge is 0.462 e. The van der Waals surface area contributed by atoms with Gasteiger partial charge in [0.25, 0.3) is 0 Å². The van der Waals surface area contributed by atoms with Gasteiger partial charge in [-0.2, -0.15) is 17.5 Å².